The topological polar surface area (TPSA) is 75.2 Å². The van der Waals surface area contributed by atoms with E-state index in [0.29, 0.717) is 18.5 Å². The lowest BCUT2D eigenvalue weighted by Crippen LogP contribution is -2.50. The Labute approximate surface area is 210 Å². The van der Waals surface area contributed by atoms with Crippen LogP contribution < -0.4 is 20.1 Å². The summed E-state index contributed by atoms with van der Waals surface area (Å²) in [6.07, 6.45) is 3.66. The number of halogens is 1. The quantitative estimate of drug-likeness (QED) is 0.257. The smallest absolute Gasteiger partial charge is 0.225 e. The van der Waals surface area contributed by atoms with Crippen molar-refractivity contribution < 1.29 is 14.3 Å². The van der Waals surface area contributed by atoms with E-state index in [4.69, 9.17) is 14.5 Å². The number of nitrogens with one attached hydrogen (secondary N) is 2. The summed E-state index contributed by atoms with van der Waals surface area (Å²) in [7, 11) is 1.65. The third-order valence-corrected chi connectivity index (χ3v) is 5.73. The third kappa shape index (κ3) is 9.03. The molecule has 182 valence electrons. The highest BCUT2D eigenvalue weighted by Gasteiger charge is 2.26. The fourth-order valence-corrected chi connectivity index (χ4v) is 3.80. The number of rotatable bonds is 10. The van der Waals surface area contributed by atoms with Crippen molar-refractivity contribution in [1.29, 1.82) is 0 Å². The van der Waals surface area contributed by atoms with Crippen molar-refractivity contribution in [3.63, 3.8) is 0 Å². The van der Waals surface area contributed by atoms with Gasteiger partial charge >= 0.3 is 0 Å². The number of piperidine rings is 1. The molecule has 1 aromatic rings. The van der Waals surface area contributed by atoms with Crippen molar-refractivity contribution in [3.8, 4) is 11.5 Å². The number of aliphatic imine (C=N–C) groups is 1. The van der Waals surface area contributed by atoms with Gasteiger partial charge in [-0.1, -0.05) is 13.8 Å². The molecule has 0 bridgehead atoms. The van der Waals surface area contributed by atoms with Crippen LogP contribution >= 0.6 is 24.0 Å². The van der Waals surface area contributed by atoms with Crippen LogP contribution in [0.4, 0.5) is 0 Å². The molecule has 1 aromatic carbocycles. The largest absolute Gasteiger partial charge is 0.497 e. The first-order valence-corrected chi connectivity index (χ1v) is 11.6. The Balaban J connectivity index is 0.00000512. The van der Waals surface area contributed by atoms with E-state index in [1.165, 1.54) is 0 Å². The second kappa shape index (κ2) is 15.2. The Morgan fingerprint density at radius 2 is 1.72 bits per heavy atom. The highest BCUT2D eigenvalue weighted by atomic mass is 127. The average Bonchev–Trinajstić information content (AvgIpc) is 2.79. The molecule has 1 amide bonds. The number of benzene rings is 1. The summed E-state index contributed by atoms with van der Waals surface area (Å²) in [5, 5.41) is 6.86. The van der Waals surface area contributed by atoms with E-state index >= 15 is 0 Å². The fourth-order valence-electron chi connectivity index (χ4n) is 3.80. The summed E-state index contributed by atoms with van der Waals surface area (Å²) in [5.74, 6) is 2.89. The van der Waals surface area contributed by atoms with Gasteiger partial charge in [0, 0.05) is 31.6 Å². The first-order chi connectivity index (χ1) is 15.0. The van der Waals surface area contributed by atoms with Gasteiger partial charge in [0.05, 0.1) is 13.7 Å². The molecular formula is C24H41IN4O3. The first kappa shape index (κ1) is 28.3. The molecule has 8 heteroatoms. The van der Waals surface area contributed by atoms with Crippen molar-refractivity contribution >= 4 is 35.8 Å². The zero-order chi connectivity index (χ0) is 22.6. The lowest BCUT2D eigenvalue weighted by Gasteiger charge is -2.35. The van der Waals surface area contributed by atoms with Crippen molar-refractivity contribution in [2.75, 3.05) is 33.3 Å². The van der Waals surface area contributed by atoms with Crippen LogP contribution in [0.25, 0.3) is 0 Å². The van der Waals surface area contributed by atoms with E-state index in [0.717, 1.165) is 62.8 Å². The summed E-state index contributed by atoms with van der Waals surface area (Å²) < 4.78 is 11.1. The first-order valence-electron chi connectivity index (χ1n) is 11.6. The molecule has 0 radical (unpaired) electrons. The van der Waals surface area contributed by atoms with Gasteiger partial charge in [0.1, 0.15) is 17.6 Å². The van der Waals surface area contributed by atoms with Gasteiger partial charge in [0.15, 0.2) is 5.96 Å². The monoisotopic (exact) mass is 560 g/mol. The molecule has 0 aromatic heterocycles. The van der Waals surface area contributed by atoms with Gasteiger partial charge in [-0.2, -0.15) is 0 Å². The second-order valence-corrected chi connectivity index (χ2v) is 8.08. The van der Waals surface area contributed by atoms with E-state index < -0.39 is 0 Å². The minimum absolute atomic E-state index is 0. The lowest BCUT2D eigenvalue weighted by atomic mass is 9.98. The fraction of sp³-hybridized carbons (Fsp3) is 0.667. The number of carbonyl (C=O) groups is 1. The van der Waals surface area contributed by atoms with Gasteiger partial charge in [0.2, 0.25) is 5.91 Å². The van der Waals surface area contributed by atoms with Crippen LogP contribution in [-0.2, 0) is 4.79 Å². The third-order valence-electron chi connectivity index (χ3n) is 5.73. The van der Waals surface area contributed by atoms with E-state index in [1.807, 2.05) is 36.1 Å². The zero-order valence-electron chi connectivity index (χ0n) is 20.2. The van der Waals surface area contributed by atoms with E-state index in [1.54, 1.807) is 7.11 Å². The van der Waals surface area contributed by atoms with Crippen molar-refractivity contribution in [3.05, 3.63) is 24.3 Å². The maximum Gasteiger partial charge on any atom is 0.225 e. The molecule has 0 saturated carbocycles. The minimum Gasteiger partial charge on any atom is -0.497 e. The number of carbonyl (C=O) groups excluding carboxylic acids is 1. The number of methoxy groups -OCH3 is 1. The molecule has 1 aliphatic heterocycles. The Morgan fingerprint density at radius 1 is 1.12 bits per heavy atom. The molecule has 0 aliphatic carbocycles. The van der Waals surface area contributed by atoms with Gasteiger partial charge in [-0.25, -0.2) is 4.99 Å². The summed E-state index contributed by atoms with van der Waals surface area (Å²) in [4.78, 5) is 19.3. The molecule has 2 rings (SSSR count). The van der Waals surface area contributed by atoms with Crippen LogP contribution in [0.2, 0.25) is 0 Å². The summed E-state index contributed by atoms with van der Waals surface area (Å²) >= 11 is 0. The average molecular weight is 561 g/mol. The van der Waals surface area contributed by atoms with E-state index in [2.05, 4.69) is 31.4 Å². The van der Waals surface area contributed by atoms with Crippen LogP contribution in [0.1, 0.15) is 53.4 Å². The normalized spacial score (nSPS) is 15.7. The molecule has 7 nitrogen and oxygen atoms in total. The molecule has 32 heavy (non-hydrogen) atoms. The Morgan fingerprint density at radius 3 is 2.25 bits per heavy atom. The predicted octanol–water partition coefficient (Wildman–Crippen LogP) is 4.06. The van der Waals surface area contributed by atoms with Gasteiger partial charge in [0.25, 0.3) is 0 Å². The number of amides is 1. The molecule has 1 saturated heterocycles. The van der Waals surface area contributed by atoms with Crippen LogP contribution in [0.5, 0.6) is 11.5 Å². The Hall–Kier alpha value is -1.71. The molecule has 1 heterocycles. The Bertz CT molecular complexity index is 687. The molecule has 1 atom stereocenters. The van der Waals surface area contributed by atoms with Crippen molar-refractivity contribution in [2.45, 2.75) is 65.5 Å². The highest BCUT2D eigenvalue weighted by molar-refractivity contribution is 14.0. The highest BCUT2D eigenvalue weighted by Crippen LogP contribution is 2.19. The van der Waals surface area contributed by atoms with E-state index in [-0.39, 0.29) is 36.0 Å². The van der Waals surface area contributed by atoms with Crippen LogP contribution in [0.15, 0.2) is 29.3 Å². The van der Waals surface area contributed by atoms with Crippen LogP contribution in [-0.4, -0.2) is 62.2 Å². The molecule has 1 unspecified atom stereocenters. The van der Waals surface area contributed by atoms with Gasteiger partial charge < -0.3 is 25.0 Å². The molecular weight excluding hydrogens is 519 g/mol. The molecule has 2 N–H and O–H groups in total. The maximum absolute atomic E-state index is 12.6. The predicted molar refractivity (Wildman–Crippen MR) is 141 cm³/mol. The van der Waals surface area contributed by atoms with E-state index in [9.17, 15) is 4.79 Å². The number of hydrogen-bond donors (Lipinski definition) is 2. The molecule has 1 aliphatic rings. The zero-order valence-corrected chi connectivity index (χ0v) is 22.6. The standard InChI is InChI=1S/C24H40N4O3.HI/c1-6-19(7-2)23(29)28-15-13-20(14-16-28)27-24(25-8-3)26-17-18(4)31-22-11-9-21(30-5)10-12-22;/h9-12,18-20H,6-8,13-17H2,1-5H3,(H2,25,26,27);1H. The number of nitrogens with zero attached hydrogens (tertiary/aromatic N) is 2. The second-order valence-electron chi connectivity index (χ2n) is 8.08. The van der Waals surface area contributed by atoms with Gasteiger partial charge in [-0.05, 0) is 63.8 Å². The van der Waals surface area contributed by atoms with Gasteiger partial charge in [-0.15, -0.1) is 24.0 Å². The molecule has 0 spiro atoms. The SMILES string of the molecule is CCNC(=NCC(C)Oc1ccc(OC)cc1)NC1CCN(C(=O)C(CC)CC)CC1.I. The minimum atomic E-state index is -0.0525. The maximum atomic E-state index is 12.6. The van der Waals surface area contributed by atoms with Crippen molar-refractivity contribution in [1.82, 2.24) is 15.5 Å². The lowest BCUT2D eigenvalue weighted by molar-refractivity contribution is -0.136. The van der Waals surface area contributed by atoms with Gasteiger partial charge in [-0.3, -0.25) is 4.79 Å². The summed E-state index contributed by atoms with van der Waals surface area (Å²) in [6.45, 7) is 11.2. The number of ether oxygens (including phenoxy) is 2. The van der Waals surface area contributed by atoms with Crippen LogP contribution in [0.3, 0.4) is 0 Å². The number of likely N-dealkylation sites (tertiary alicyclic amines) is 1. The Kier molecular flexibility index (Phi) is 13.4. The summed E-state index contributed by atoms with van der Waals surface area (Å²) in [6, 6.07) is 7.90. The number of hydrogen-bond acceptors (Lipinski definition) is 4. The number of guanidine groups is 1. The van der Waals surface area contributed by atoms with Crippen molar-refractivity contribution in [2.24, 2.45) is 10.9 Å². The van der Waals surface area contributed by atoms with Crippen LogP contribution in [0, 0.1) is 5.92 Å². The molecule has 1 fully saturated rings. The summed E-state index contributed by atoms with van der Waals surface area (Å²) in [5.41, 5.74) is 0.